The predicted molar refractivity (Wildman–Crippen MR) is 120 cm³/mol. The summed E-state index contributed by atoms with van der Waals surface area (Å²) in [5, 5.41) is 8.63. The summed E-state index contributed by atoms with van der Waals surface area (Å²) >= 11 is 1.43. The number of sulfone groups is 1. The smallest absolute Gasteiger partial charge is 0.381 e. The zero-order chi connectivity index (χ0) is 23.6. The molecule has 0 aliphatic carbocycles. The van der Waals surface area contributed by atoms with Crippen LogP contribution in [0.5, 0.6) is 0 Å². The maximum atomic E-state index is 12.9. The molecule has 2 N–H and O–H groups in total. The van der Waals surface area contributed by atoms with E-state index in [0.29, 0.717) is 18.8 Å². The minimum atomic E-state index is -4.55. The van der Waals surface area contributed by atoms with Crippen LogP contribution >= 0.6 is 11.3 Å². The highest BCUT2D eigenvalue weighted by molar-refractivity contribution is 7.91. The van der Waals surface area contributed by atoms with E-state index < -0.39 is 27.6 Å². The molecule has 2 heterocycles. The largest absolute Gasteiger partial charge is 0.416 e. The fourth-order valence-corrected chi connectivity index (χ4v) is 5.57. The van der Waals surface area contributed by atoms with E-state index >= 15 is 0 Å². The molecule has 1 aliphatic rings. The molecular weight excluding hydrogens is 477 g/mol. The Kier molecular flexibility index (Phi) is 6.46. The number of ether oxygens (including phenoxy) is 1. The first-order valence-electron chi connectivity index (χ1n) is 9.84. The van der Waals surface area contributed by atoms with Gasteiger partial charge in [0.15, 0.2) is 9.84 Å². The molecule has 1 fully saturated rings. The van der Waals surface area contributed by atoms with Gasteiger partial charge in [-0.15, -0.1) is 0 Å². The van der Waals surface area contributed by atoms with Gasteiger partial charge in [0.1, 0.15) is 0 Å². The lowest BCUT2D eigenvalue weighted by Crippen LogP contribution is -2.33. The summed E-state index contributed by atoms with van der Waals surface area (Å²) in [4.78, 5) is 12.6. The number of nitrogens with one attached hydrogen (secondary N) is 2. The van der Waals surface area contributed by atoms with E-state index in [1.807, 2.05) is 16.8 Å². The number of carbonyl (C=O) groups excluding carboxylic acids is 1. The van der Waals surface area contributed by atoms with Crippen molar-refractivity contribution in [2.24, 2.45) is 5.92 Å². The van der Waals surface area contributed by atoms with Crippen LogP contribution in [-0.2, 0) is 20.8 Å². The van der Waals surface area contributed by atoms with Crippen LogP contribution < -0.4 is 10.6 Å². The Balaban J connectivity index is 1.60. The molecule has 1 aliphatic heterocycles. The molecule has 0 radical (unpaired) electrons. The minimum absolute atomic E-state index is 0.0442. The number of rotatable bonds is 6. The maximum Gasteiger partial charge on any atom is 0.416 e. The van der Waals surface area contributed by atoms with Crippen LogP contribution in [0.2, 0.25) is 0 Å². The van der Waals surface area contributed by atoms with E-state index in [0.717, 1.165) is 17.7 Å². The van der Waals surface area contributed by atoms with Crippen molar-refractivity contribution in [2.75, 3.05) is 29.6 Å². The van der Waals surface area contributed by atoms with Crippen LogP contribution in [0.3, 0.4) is 0 Å². The number of benzene rings is 2. The van der Waals surface area contributed by atoms with Gasteiger partial charge in [-0.3, -0.25) is 0 Å². The van der Waals surface area contributed by atoms with Crippen molar-refractivity contribution in [3.63, 3.8) is 0 Å². The molecule has 33 heavy (non-hydrogen) atoms. The maximum absolute atomic E-state index is 12.9. The van der Waals surface area contributed by atoms with Crippen molar-refractivity contribution in [3.05, 3.63) is 64.9 Å². The number of amides is 2. The monoisotopic (exact) mass is 496 g/mol. The van der Waals surface area contributed by atoms with E-state index in [1.165, 1.54) is 35.6 Å². The molecule has 2 aromatic carbocycles. The highest BCUT2D eigenvalue weighted by Crippen LogP contribution is 2.34. The third-order valence-corrected chi connectivity index (χ3v) is 7.61. The van der Waals surface area contributed by atoms with Gasteiger partial charge in [0.2, 0.25) is 0 Å². The standard InChI is InChI=1S/C22H19F3N2O4S2/c23-22(24,25)16-2-1-3-17(8-16)26-21(28)27-20-9-18(33(29,30)13-14-10-31-11-14)4-5-19(20)15-6-7-32-12-15/h1-9,12,14H,10-11,13H2,(H2,26,27,28). The third kappa shape index (κ3) is 5.55. The van der Waals surface area contributed by atoms with E-state index in [4.69, 9.17) is 4.74 Å². The van der Waals surface area contributed by atoms with E-state index in [1.54, 1.807) is 6.07 Å². The Labute approximate surface area is 192 Å². The molecule has 1 saturated heterocycles. The predicted octanol–water partition coefficient (Wildman–Crippen LogP) is 5.50. The average Bonchev–Trinajstić information content (AvgIpc) is 3.25. The molecule has 0 spiro atoms. The lowest BCUT2D eigenvalue weighted by molar-refractivity contribution is -0.137. The lowest BCUT2D eigenvalue weighted by atomic mass is 10.1. The first kappa shape index (κ1) is 23.3. The van der Waals surface area contributed by atoms with Crippen molar-refractivity contribution in [1.29, 1.82) is 0 Å². The zero-order valence-electron chi connectivity index (χ0n) is 17.1. The van der Waals surface area contributed by atoms with Gasteiger partial charge in [0.05, 0.1) is 35.1 Å². The molecular formula is C22H19F3N2O4S2. The number of urea groups is 1. The molecule has 11 heteroatoms. The van der Waals surface area contributed by atoms with Gasteiger partial charge in [-0.2, -0.15) is 24.5 Å². The van der Waals surface area contributed by atoms with Gasteiger partial charge in [-0.1, -0.05) is 12.1 Å². The van der Waals surface area contributed by atoms with Crippen molar-refractivity contribution < 1.29 is 31.1 Å². The highest BCUT2D eigenvalue weighted by Gasteiger charge is 2.30. The summed E-state index contributed by atoms with van der Waals surface area (Å²) in [5.74, 6) is -0.145. The summed E-state index contributed by atoms with van der Waals surface area (Å²) in [6, 6.07) is 9.71. The van der Waals surface area contributed by atoms with Crippen LogP contribution in [0.15, 0.2) is 64.2 Å². The summed E-state index contributed by atoms with van der Waals surface area (Å²) in [6.07, 6.45) is -4.55. The number of thiophene rings is 1. The number of halogens is 3. The summed E-state index contributed by atoms with van der Waals surface area (Å²) in [6.45, 7) is 0.771. The molecule has 4 rings (SSSR count). The molecule has 3 aromatic rings. The second-order valence-corrected chi connectivity index (χ2v) is 10.4. The Hall–Kier alpha value is -2.89. The van der Waals surface area contributed by atoms with Gasteiger partial charge >= 0.3 is 12.2 Å². The number of carbonyl (C=O) groups is 1. The number of alkyl halides is 3. The summed E-state index contributed by atoms with van der Waals surface area (Å²) < 4.78 is 69.5. The molecule has 6 nitrogen and oxygen atoms in total. The Morgan fingerprint density at radius 1 is 1.09 bits per heavy atom. The van der Waals surface area contributed by atoms with E-state index in [-0.39, 0.29) is 27.9 Å². The molecule has 0 saturated carbocycles. The highest BCUT2D eigenvalue weighted by atomic mass is 32.2. The van der Waals surface area contributed by atoms with Crippen molar-refractivity contribution in [3.8, 4) is 11.1 Å². The lowest BCUT2D eigenvalue weighted by Gasteiger charge is -2.25. The van der Waals surface area contributed by atoms with Gasteiger partial charge < -0.3 is 15.4 Å². The SMILES string of the molecule is O=C(Nc1cccc(C(F)(F)F)c1)Nc1cc(S(=O)(=O)CC2COC2)ccc1-c1ccsc1. The average molecular weight is 497 g/mol. The first-order chi connectivity index (χ1) is 15.6. The second-order valence-electron chi connectivity index (χ2n) is 7.56. The fraction of sp³-hybridized carbons (Fsp3) is 0.227. The second kappa shape index (κ2) is 9.16. The van der Waals surface area contributed by atoms with Crippen molar-refractivity contribution in [2.45, 2.75) is 11.1 Å². The number of hydrogen-bond donors (Lipinski definition) is 2. The van der Waals surface area contributed by atoms with Crippen LogP contribution in [0.25, 0.3) is 11.1 Å². The van der Waals surface area contributed by atoms with Crippen molar-refractivity contribution in [1.82, 2.24) is 0 Å². The Morgan fingerprint density at radius 2 is 1.88 bits per heavy atom. The van der Waals surface area contributed by atoms with Gasteiger partial charge in [-0.25, -0.2) is 13.2 Å². The fourth-order valence-electron chi connectivity index (χ4n) is 3.33. The third-order valence-electron chi connectivity index (χ3n) is 5.04. The van der Waals surface area contributed by atoms with Gasteiger partial charge in [0.25, 0.3) is 0 Å². The molecule has 2 amide bonds. The molecule has 0 bridgehead atoms. The van der Waals surface area contributed by atoms with E-state index in [2.05, 4.69) is 10.6 Å². The number of anilines is 2. The van der Waals surface area contributed by atoms with Gasteiger partial charge in [0, 0.05) is 17.2 Å². The van der Waals surface area contributed by atoms with E-state index in [9.17, 15) is 26.4 Å². The van der Waals surface area contributed by atoms with Crippen LogP contribution in [0.1, 0.15) is 5.56 Å². The summed E-state index contributed by atoms with van der Waals surface area (Å²) in [5.41, 5.74) is 0.636. The Bertz CT molecular complexity index is 1250. The van der Waals surface area contributed by atoms with Crippen LogP contribution in [0.4, 0.5) is 29.3 Å². The van der Waals surface area contributed by atoms with Gasteiger partial charge in [-0.05, 0) is 52.7 Å². The molecule has 0 atom stereocenters. The Morgan fingerprint density at radius 3 is 2.52 bits per heavy atom. The zero-order valence-corrected chi connectivity index (χ0v) is 18.7. The minimum Gasteiger partial charge on any atom is -0.381 e. The summed E-state index contributed by atoms with van der Waals surface area (Å²) in [7, 11) is -3.62. The quantitative estimate of drug-likeness (QED) is 0.472. The molecule has 174 valence electrons. The number of hydrogen-bond acceptors (Lipinski definition) is 5. The van der Waals surface area contributed by atoms with Crippen molar-refractivity contribution >= 4 is 38.6 Å². The van der Waals surface area contributed by atoms with Crippen LogP contribution in [0, 0.1) is 5.92 Å². The topological polar surface area (TPSA) is 84.5 Å². The van der Waals surface area contributed by atoms with Crippen LogP contribution in [-0.4, -0.2) is 33.4 Å². The molecule has 1 aromatic heterocycles. The first-order valence-corrected chi connectivity index (χ1v) is 12.4. The normalized spacial score (nSPS) is 14.5. The molecule has 0 unspecified atom stereocenters.